The van der Waals surface area contributed by atoms with E-state index in [1.165, 1.54) is 0 Å². The maximum atomic E-state index is 11.7. The van der Waals surface area contributed by atoms with Crippen LogP contribution in [0.1, 0.15) is 12.8 Å². The minimum absolute atomic E-state index is 0.0330. The lowest BCUT2D eigenvalue weighted by Gasteiger charge is -2.12. The van der Waals surface area contributed by atoms with Crippen LogP contribution in [0.25, 0.3) is 0 Å². The molecule has 7 heteroatoms. The summed E-state index contributed by atoms with van der Waals surface area (Å²) in [6.07, 6.45) is 0.658. The monoisotopic (exact) mass is 298 g/mol. The fourth-order valence-electron chi connectivity index (χ4n) is 2.07. The Morgan fingerprint density at radius 1 is 1.40 bits per heavy atom. The normalized spacial score (nSPS) is 20.5. The number of carbonyl (C=O) groups is 1. The van der Waals surface area contributed by atoms with Crippen LogP contribution in [-0.4, -0.2) is 38.5 Å². The first-order valence-corrected chi connectivity index (χ1v) is 8.25. The molecule has 1 fully saturated rings. The summed E-state index contributed by atoms with van der Waals surface area (Å²) in [7, 11) is -2.97. The van der Waals surface area contributed by atoms with Crippen LogP contribution in [0.2, 0.25) is 0 Å². The lowest BCUT2D eigenvalue weighted by atomic mass is 10.2. The topological polar surface area (TPSA) is 98.5 Å². The van der Waals surface area contributed by atoms with Crippen LogP contribution in [0, 0.1) is 0 Å². The van der Waals surface area contributed by atoms with Crippen molar-refractivity contribution in [3.8, 4) is 5.75 Å². The molecule has 0 bridgehead atoms. The molecule has 1 atom stereocenters. The predicted octanol–water partition coefficient (Wildman–Crippen LogP) is 0.341. The number of nitrogens with one attached hydrogen (secondary N) is 1. The zero-order valence-corrected chi connectivity index (χ0v) is 11.9. The van der Waals surface area contributed by atoms with Crippen LogP contribution < -0.4 is 15.8 Å². The Kier molecular flexibility index (Phi) is 4.49. The van der Waals surface area contributed by atoms with E-state index < -0.39 is 9.84 Å². The number of carbonyl (C=O) groups excluding carboxylic acids is 1. The smallest absolute Gasteiger partial charge is 0.223 e. The van der Waals surface area contributed by atoms with Gasteiger partial charge in [0.25, 0.3) is 0 Å². The van der Waals surface area contributed by atoms with E-state index in [4.69, 9.17) is 10.5 Å². The molecule has 6 nitrogen and oxygen atoms in total. The van der Waals surface area contributed by atoms with Gasteiger partial charge in [-0.3, -0.25) is 4.79 Å². The Morgan fingerprint density at radius 2 is 2.15 bits per heavy atom. The molecule has 1 aliphatic heterocycles. The van der Waals surface area contributed by atoms with Crippen molar-refractivity contribution < 1.29 is 17.9 Å². The predicted molar refractivity (Wildman–Crippen MR) is 76.2 cm³/mol. The standard InChI is InChI=1S/C13H18N2O4S/c14-11-3-1-2-4-12(11)19-7-5-13(16)15-10-6-8-20(17,18)9-10/h1-4,10H,5-9,14H2,(H,15,16). The molecule has 0 aromatic heterocycles. The molecule has 0 spiro atoms. The van der Waals surface area contributed by atoms with Crippen molar-refractivity contribution in [3.63, 3.8) is 0 Å². The van der Waals surface area contributed by atoms with E-state index >= 15 is 0 Å². The first kappa shape index (κ1) is 14.6. The van der Waals surface area contributed by atoms with Crippen molar-refractivity contribution in [1.29, 1.82) is 0 Å². The first-order chi connectivity index (χ1) is 9.46. The molecule has 1 amide bonds. The summed E-state index contributed by atoms with van der Waals surface area (Å²) >= 11 is 0. The second kappa shape index (κ2) is 6.13. The fraction of sp³-hybridized carbons (Fsp3) is 0.462. The largest absolute Gasteiger partial charge is 0.491 e. The summed E-state index contributed by atoms with van der Waals surface area (Å²) in [5, 5.41) is 2.71. The molecular formula is C13H18N2O4S. The van der Waals surface area contributed by atoms with Crippen molar-refractivity contribution in [2.75, 3.05) is 23.8 Å². The molecule has 20 heavy (non-hydrogen) atoms. The van der Waals surface area contributed by atoms with Gasteiger partial charge in [-0.15, -0.1) is 0 Å². The van der Waals surface area contributed by atoms with E-state index in [9.17, 15) is 13.2 Å². The summed E-state index contributed by atoms with van der Waals surface area (Å²) in [6.45, 7) is 0.208. The molecule has 1 aromatic carbocycles. The Bertz CT molecular complexity index is 586. The molecule has 0 saturated carbocycles. The van der Waals surface area contributed by atoms with E-state index in [0.29, 0.717) is 17.9 Å². The molecule has 0 aliphatic carbocycles. The Morgan fingerprint density at radius 3 is 2.80 bits per heavy atom. The first-order valence-electron chi connectivity index (χ1n) is 6.43. The molecule has 3 N–H and O–H groups in total. The highest BCUT2D eigenvalue weighted by atomic mass is 32.2. The maximum Gasteiger partial charge on any atom is 0.223 e. The molecule has 110 valence electrons. The number of para-hydroxylation sites is 2. The highest BCUT2D eigenvalue weighted by Gasteiger charge is 2.28. The van der Waals surface area contributed by atoms with E-state index in [1.54, 1.807) is 24.3 Å². The second-order valence-electron chi connectivity index (χ2n) is 4.80. The van der Waals surface area contributed by atoms with Gasteiger partial charge < -0.3 is 15.8 Å². The van der Waals surface area contributed by atoms with Gasteiger partial charge in [0.1, 0.15) is 5.75 Å². The number of hydrogen-bond donors (Lipinski definition) is 2. The van der Waals surface area contributed by atoms with Crippen molar-refractivity contribution in [2.24, 2.45) is 0 Å². The van der Waals surface area contributed by atoms with E-state index in [1.807, 2.05) is 0 Å². The quantitative estimate of drug-likeness (QED) is 0.764. The van der Waals surface area contributed by atoms with Crippen molar-refractivity contribution in [3.05, 3.63) is 24.3 Å². The van der Waals surface area contributed by atoms with Gasteiger partial charge in [0.05, 0.1) is 30.2 Å². The van der Waals surface area contributed by atoms with Crippen molar-refractivity contribution >= 4 is 21.4 Å². The second-order valence-corrected chi connectivity index (χ2v) is 7.03. The number of amides is 1. The minimum atomic E-state index is -2.97. The lowest BCUT2D eigenvalue weighted by Crippen LogP contribution is -2.36. The Balaban J connectivity index is 1.72. The number of nitrogen functional groups attached to an aromatic ring is 1. The molecule has 2 rings (SSSR count). The highest BCUT2D eigenvalue weighted by molar-refractivity contribution is 7.91. The van der Waals surface area contributed by atoms with Crippen LogP contribution in [0.4, 0.5) is 5.69 Å². The summed E-state index contributed by atoms with van der Waals surface area (Å²) in [5.74, 6) is 0.519. The molecule has 1 aromatic rings. The van der Waals surface area contributed by atoms with Gasteiger partial charge in [0.15, 0.2) is 9.84 Å². The average Bonchev–Trinajstić information content (AvgIpc) is 2.71. The van der Waals surface area contributed by atoms with Gasteiger partial charge in [0, 0.05) is 6.04 Å². The minimum Gasteiger partial charge on any atom is -0.491 e. The summed E-state index contributed by atoms with van der Waals surface area (Å²) < 4.78 is 27.9. The number of hydrogen-bond acceptors (Lipinski definition) is 5. The van der Waals surface area contributed by atoms with Crippen LogP contribution in [0.3, 0.4) is 0 Å². The van der Waals surface area contributed by atoms with Crippen molar-refractivity contribution in [1.82, 2.24) is 5.32 Å². The van der Waals surface area contributed by atoms with Crippen LogP contribution in [0.15, 0.2) is 24.3 Å². The number of rotatable bonds is 5. The number of sulfone groups is 1. The number of benzene rings is 1. The number of nitrogens with two attached hydrogens (primary N) is 1. The van der Waals surface area contributed by atoms with Gasteiger partial charge in [-0.05, 0) is 18.6 Å². The third-order valence-electron chi connectivity index (χ3n) is 3.10. The Hall–Kier alpha value is -1.76. The molecule has 1 saturated heterocycles. The van der Waals surface area contributed by atoms with E-state index in [-0.39, 0.29) is 36.5 Å². The molecule has 1 aliphatic rings. The van der Waals surface area contributed by atoms with Crippen LogP contribution in [0.5, 0.6) is 5.75 Å². The van der Waals surface area contributed by atoms with Gasteiger partial charge >= 0.3 is 0 Å². The summed E-state index contributed by atoms with van der Waals surface area (Å²) in [5.41, 5.74) is 6.23. The number of ether oxygens (including phenoxy) is 1. The molecule has 1 unspecified atom stereocenters. The van der Waals surface area contributed by atoms with Crippen LogP contribution in [-0.2, 0) is 14.6 Å². The third-order valence-corrected chi connectivity index (χ3v) is 4.87. The lowest BCUT2D eigenvalue weighted by molar-refractivity contribution is -0.122. The summed E-state index contributed by atoms with van der Waals surface area (Å²) in [6, 6.07) is 6.79. The summed E-state index contributed by atoms with van der Waals surface area (Å²) in [4.78, 5) is 11.7. The van der Waals surface area contributed by atoms with E-state index in [2.05, 4.69) is 5.32 Å². The molecule has 1 heterocycles. The highest BCUT2D eigenvalue weighted by Crippen LogP contribution is 2.19. The van der Waals surface area contributed by atoms with Gasteiger partial charge in [0.2, 0.25) is 5.91 Å². The van der Waals surface area contributed by atoms with Gasteiger partial charge in [-0.1, -0.05) is 12.1 Å². The van der Waals surface area contributed by atoms with Crippen LogP contribution >= 0.6 is 0 Å². The van der Waals surface area contributed by atoms with Crippen molar-refractivity contribution in [2.45, 2.75) is 18.9 Å². The maximum absolute atomic E-state index is 11.7. The zero-order valence-electron chi connectivity index (χ0n) is 11.0. The average molecular weight is 298 g/mol. The zero-order chi connectivity index (χ0) is 14.6. The SMILES string of the molecule is Nc1ccccc1OCCC(=O)NC1CCS(=O)(=O)C1. The number of anilines is 1. The molecular weight excluding hydrogens is 280 g/mol. The third kappa shape index (κ3) is 4.12. The fourth-order valence-corrected chi connectivity index (χ4v) is 3.75. The van der Waals surface area contributed by atoms with Gasteiger partial charge in [-0.25, -0.2) is 8.42 Å². The van der Waals surface area contributed by atoms with E-state index in [0.717, 1.165) is 0 Å². The van der Waals surface area contributed by atoms with Gasteiger partial charge in [-0.2, -0.15) is 0 Å². The Labute approximate surface area is 118 Å². The molecule has 0 radical (unpaired) electrons.